The molecule has 1 aromatic rings. The second kappa shape index (κ2) is 6.42. The summed E-state index contributed by atoms with van der Waals surface area (Å²) in [6.07, 6.45) is 11.3. The smallest absolute Gasteiger partial charge is 0.229 e. The SMILES string of the molecule is O=C(C=C(O)N1C=CNN1)c1occc1F.O=S1(=O)C2=CC=C1C=C2. The molecule has 0 fully saturated rings. The maximum atomic E-state index is 12.9. The van der Waals surface area contributed by atoms with Gasteiger partial charge in [0.1, 0.15) is 0 Å². The van der Waals surface area contributed by atoms with Gasteiger partial charge >= 0.3 is 0 Å². The van der Waals surface area contributed by atoms with Gasteiger partial charge in [0.2, 0.25) is 27.3 Å². The molecule has 1 aromatic heterocycles. The molecule has 0 saturated carbocycles. The van der Waals surface area contributed by atoms with Crippen LogP contribution < -0.4 is 11.0 Å². The number of fused-ring (bicyclic) bond motifs is 2. The summed E-state index contributed by atoms with van der Waals surface area (Å²) in [7, 11) is -2.98. The number of rotatable bonds is 3. The summed E-state index contributed by atoms with van der Waals surface area (Å²) in [5.74, 6) is -2.36. The lowest BCUT2D eigenvalue weighted by Crippen LogP contribution is -2.35. The van der Waals surface area contributed by atoms with Crippen LogP contribution in [0, 0.1) is 5.82 Å². The number of allylic oxidation sites excluding steroid dienone is 5. The molecule has 25 heavy (non-hydrogen) atoms. The van der Waals surface area contributed by atoms with Crippen molar-refractivity contribution in [3.8, 4) is 0 Å². The summed E-state index contributed by atoms with van der Waals surface area (Å²) in [5, 5.41) is 10.6. The normalized spacial score (nSPS) is 19.2. The third-order valence-electron chi connectivity index (χ3n) is 3.28. The number of carbonyl (C=O) groups excluding carboxylic acids is 1. The minimum absolute atomic E-state index is 0.387. The van der Waals surface area contributed by atoms with Crippen molar-refractivity contribution in [2.24, 2.45) is 0 Å². The summed E-state index contributed by atoms with van der Waals surface area (Å²) in [6.45, 7) is 0. The highest BCUT2D eigenvalue weighted by molar-refractivity contribution is 8.00. The summed E-state index contributed by atoms with van der Waals surface area (Å²) in [6, 6.07) is 1.02. The van der Waals surface area contributed by atoms with Gasteiger partial charge in [0, 0.05) is 18.5 Å². The predicted octanol–water partition coefficient (Wildman–Crippen LogP) is 1.55. The van der Waals surface area contributed by atoms with Gasteiger partial charge in [0.25, 0.3) is 0 Å². The molecule has 0 amide bonds. The van der Waals surface area contributed by atoms with Crippen LogP contribution in [0.3, 0.4) is 0 Å². The Morgan fingerprint density at radius 3 is 2.36 bits per heavy atom. The molecule has 0 saturated heterocycles. The van der Waals surface area contributed by atoms with E-state index in [1.54, 1.807) is 24.3 Å². The second-order valence-corrected chi connectivity index (χ2v) is 6.83. The fraction of sp³-hybridized carbons (Fsp3) is 0. The van der Waals surface area contributed by atoms with Crippen LogP contribution >= 0.6 is 0 Å². The first-order valence-corrected chi connectivity index (χ1v) is 8.38. The topological polar surface area (TPSA) is 112 Å². The zero-order chi connectivity index (χ0) is 18.0. The highest BCUT2D eigenvalue weighted by Crippen LogP contribution is 2.32. The van der Waals surface area contributed by atoms with E-state index >= 15 is 0 Å². The van der Waals surface area contributed by atoms with Gasteiger partial charge < -0.3 is 14.9 Å². The number of hydrogen-bond acceptors (Lipinski definition) is 8. The first-order valence-electron chi connectivity index (χ1n) is 6.90. The monoisotopic (exact) mass is 365 g/mol. The third-order valence-corrected chi connectivity index (χ3v) is 5.07. The summed E-state index contributed by atoms with van der Waals surface area (Å²) in [5.41, 5.74) is 5.06. The largest absolute Gasteiger partial charge is 0.493 e. The van der Waals surface area contributed by atoms with E-state index in [0.29, 0.717) is 9.81 Å². The first kappa shape index (κ1) is 16.7. The molecule has 3 aliphatic rings. The van der Waals surface area contributed by atoms with E-state index in [2.05, 4.69) is 15.4 Å². The van der Waals surface area contributed by atoms with Crippen molar-refractivity contribution in [3.05, 3.63) is 82.4 Å². The van der Waals surface area contributed by atoms with Crippen LogP contribution in [0.1, 0.15) is 10.6 Å². The number of furan rings is 1. The molecule has 0 radical (unpaired) electrons. The molecule has 0 aliphatic carbocycles. The molecule has 0 aromatic carbocycles. The Bertz CT molecular complexity index is 941. The summed E-state index contributed by atoms with van der Waals surface area (Å²) >= 11 is 0. The van der Waals surface area contributed by atoms with E-state index in [-0.39, 0.29) is 5.88 Å². The lowest BCUT2D eigenvalue weighted by molar-refractivity contribution is 0.0999. The van der Waals surface area contributed by atoms with Crippen LogP contribution in [0.5, 0.6) is 0 Å². The molecule has 0 spiro atoms. The van der Waals surface area contributed by atoms with Crippen molar-refractivity contribution in [3.63, 3.8) is 0 Å². The van der Waals surface area contributed by atoms with Gasteiger partial charge in [-0.3, -0.25) is 4.79 Å². The lowest BCUT2D eigenvalue weighted by Gasteiger charge is -2.12. The van der Waals surface area contributed by atoms with Crippen LogP contribution in [0.25, 0.3) is 0 Å². The Balaban J connectivity index is 0.000000170. The number of carbonyl (C=O) groups is 1. The van der Waals surface area contributed by atoms with Crippen LogP contribution in [0.4, 0.5) is 4.39 Å². The minimum Gasteiger partial charge on any atom is -0.493 e. The summed E-state index contributed by atoms with van der Waals surface area (Å²) < 4.78 is 39.5. The Morgan fingerprint density at radius 1 is 1.28 bits per heavy atom. The average molecular weight is 365 g/mol. The highest BCUT2D eigenvalue weighted by atomic mass is 32.2. The van der Waals surface area contributed by atoms with Gasteiger partial charge in [0.05, 0.1) is 22.1 Å². The Kier molecular flexibility index (Phi) is 4.30. The number of nitrogens with one attached hydrogen (secondary N) is 2. The van der Waals surface area contributed by atoms with Gasteiger partial charge in [-0.2, -0.15) is 0 Å². The van der Waals surface area contributed by atoms with E-state index < -0.39 is 27.2 Å². The standard InChI is InChI=1S/C9H8FN3O3.C6H4O2S/c10-6-1-4-16-9(6)7(14)5-8(15)13-3-2-11-12-13;7-9(8)5-1-2-6(9)4-3-5/h1-5,11-12,15H;1-4H. The maximum Gasteiger partial charge on any atom is 0.229 e. The third kappa shape index (κ3) is 3.25. The molecule has 2 bridgehead atoms. The van der Waals surface area contributed by atoms with Crippen molar-refractivity contribution in [1.82, 2.24) is 16.0 Å². The second-order valence-electron chi connectivity index (χ2n) is 4.88. The Morgan fingerprint density at radius 2 is 1.96 bits per heavy atom. The van der Waals surface area contributed by atoms with Crippen molar-refractivity contribution in [2.75, 3.05) is 0 Å². The van der Waals surface area contributed by atoms with Crippen LogP contribution in [-0.2, 0) is 9.84 Å². The molecule has 4 heterocycles. The number of halogens is 1. The average Bonchev–Trinajstić information content (AvgIpc) is 3.34. The Hall–Kier alpha value is -3.11. The number of hydrazine groups is 2. The molecular formula is C15H12FN3O5S. The summed E-state index contributed by atoms with van der Waals surface area (Å²) in [4.78, 5) is 12.3. The first-order chi connectivity index (χ1) is 11.9. The maximum absolute atomic E-state index is 12.9. The van der Waals surface area contributed by atoms with E-state index in [1.165, 1.54) is 12.4 Å². The van der Waals surface area contributed by atoms with E-state index in [0.717, 1.165) is 23.4 Å². The predicted molar refractivity (Wildman–Crippen MR) is 85.2 cm³/mol. The molecule has 0 atom stereocenters. The number of sulfone groups is 1. The van der Waals surface area contributed by atoms with E-state index in [1.807, 2.05) is 0 Å². The zero-order valence-corrected chi connectivity index (χ0v) is 13.3. The fourth-order valence-electron chi connectivity index (χ4n) is 2.05. The molecule has 4 rings (SSSR count). The lowest BCUT2D eigenvalue weighted by atomic mass is 10.3. The molecule has 130 valence electrons. The molecule has 3 aliphatic heterocycles. The number of ketones is 1. The quantitative estimate of drug-likeness (QED) is 0.420. The van der Waals surface area contributed by atoms with Crippen LogP contribution in [0.2, 0.25) is 0 Å². The number of aliphatic hydroxyl groups is 1. The molecule has 3 N–H and O–H groups in total. The van der Waals surface area contributed by atoms with Crippen LogP contribution in [-0.4, -0.2) is 24.3 Å². The Labute approximate surface area is 141 Å². The zero-order valence-electron chi connectivity index (χ0n) is 12.5. The minimum atomic E-state index is -2.98. The number of nitrogens with zero attached hydrogens (tertiary/aromatic N) is 1. The van der Waals surface area contributed by atoms with Crippen molar-refractivity contribution in [2.45, 2.75) is 0 Å². The van der Waals surface area contributed by atoms with Gasteiger partial charge in [0.15, 0.2) is 5.82 Å². The number of hydrogen-bond donors (Lipinski definition) is 3. The fourth-order valence-corrected chi connectivity index (χ4v) is 3.31. The molecule has 10 heteroatoms. The molecule has 8 nitrogen and oxygen atoms in total. The van der Waals surface area contributed by atoms with Crippen LogP contribution in [0.15, 0.2) is 75.2 Å². The number of aliphatic hydroxyl groups excluding tert-OH is 1. The van der Waals surface area contributed by atoms with Crippen molar-refractivity contribution >= 4 is 15.6 Å². The van der Waals surface area contributed by atoms with Gasteiger partial charge in [-0.15, -0.1) is 5.53 Å². The van der Waals surface area contributed by atoms with E-state index in [4.69, 9.17) is 0 Å². The highest BCUT2D eigenvalue weighted by Gasteiger charge is 2.28. The van der Waals surface area contributed by atoms with Crippen molar-refractivity contribution < 1.29 is 27.1 Å². The van der Waals surface area contributed by atoms with Gasteiger partial charge in [-0.05, 0) is 24.3 Å². The van der Waals surface area contributed by atoms with Gasteiger partial charge in [-0.25, -0.2) is 17.8 Å². The molecular weight excluding hydrogens is 353 g/mol. The molecule has 0 unspecified atom stereocenters. The van der Waals surface area contributed by atoms with Crippen molar-refractivity contribution in [1.29, 1.82) is 0 Å². The van der Waals surface area contributed by atoms with Gasteiger partial charge in [-0.1, -0.05) is 0 Å². The van der Waals surface area contributed by atoms with E-state index in [9.17, 15) is 22.7 Å².